The monoisotopic (exact) mass is 303 g/mol. The van der Waals surface area contributed by atoms with Gasteiger partial charge in [-0.15, -0.1) is 11.3 Å². The first-order valence-corrected chi connectivity index (χ1v) is 7.33. The summed E-state index contributed by atoms with van der Waals surface area (Å²) in [5.74, 6) is -0.518. The van der Waals surface area contributed by atoms with Crippen LogP contribution in [0.4, 0.5) is 11.4 Å². The topological polar surface area (TPSA) is 84.2 Å². The third-order valence-electron chi connectivity index (χ3n) is 2.95. The average Bonchev–Trinajstić information content (AvgIpc) is 2.88. The van der Waals surface area contributed by atoms with E-state index in [1.807, 2.05) is 25.1 Å². The third kappa shape index (κ3) is 4.06. The lowest BCUT2D eigenvalue weighted by atomic mass is 10.1. The Balaban J connectivity index is 2.07. The van der Waals surface area contributed by atoms with Crippen LogP contribution in [0.5, 0.6) is 0 Å². The van der Waals surface area contributed by atoms with Crippen molar-refractivity contribution in [3.63, 3.8) is 0 Å². The molecule has 0 unspecified atom stereocenters. The number of anilines is 2. The average molecular weight is 303 g/mol. The number of hydrogen-bond donors (Lipinski definition) is 3. The number of carbonyl (C=O) groups is 2. The minimum Gasteiger partial charge on any atom is -0.380 e. The Bertz CT molecular complexity index is 679. The summed E-state index contributed by atoms with van der Waals surface area (Å²) in [4.78, 5) is 23.2. The molecule has 1 aromatic carbocycles. The van der Waals surface area contributed by atoms with E-state index in [4.69, 9.17) is 5.73 Å². The van der Waals surface area contributed by atoms with Crippen molar-refractivity contribution in [2.24, 2.45) is 5.73 Å². The summed E-state index contributed by atoms with van der Waals surface area (Å²) < 4.78 is 0. The Hall–Kier alpha value is -2.34. The van der Waals surface area contributed by atoms with Gasteiger partial charge in [0.1, 0.15) is 0 Å². The second-order valence-electron chi connectivity index (χ2n) is 4.73. The lowest BCUT2D eigenvalue weighted by molar-refractivity contribution is -0.114. The van der Waals surface area contributed by atoms with E-state index in [1.165, 1.54) is 18.3 Å². The zero-order valence-electron chi connectivity index (χ0n) is 11.9. The van der Waals surface area contributed by atoms with Crippen LogP contribution in [0, 0.1) is 6.92 Å². The maximum absolute atomic E-state index is 11.1. The lowest BCUT2D eigenvalue weighted by Crippen LogP contribution is -2.09. The molecule has 110 valence electrons. The summed E-state index contributed by atoms with van der Waals surface area (Å²) in [6.45, 7) is 4.06. The molecule has 0 spiro atoms. The maximum Gasteiger partial charge on any atom is 0.249 e. The number of amides is 2. The van der Waals surface area contributed by atoms with Crippen molar-refractivity contribution in [1.82, 2.24) is 0 Å². The number of aryl methyl sites for hydroxylation is 1. The van der Waals surface area contributed by atoms with Gasteiger partial charge in [-0.2, -0.15) is 0 Å². The van der Waals surface area contributed by atoms with Crippen molar-refractivity contribution in [2.75, 3.05) is 10.6 Å². The first-order valence-electron chi connectivity index (χ1n) is 6.45. The zero-order chi connectivity index (χ0) is 15.4. The molecule has 1 heterocycles. The Kier molecular flexibility index (Phi) is 4.59. The number of primary amides is 1. The summed E-state index contributed by atoms with van der Waals surface area (Å²) in [5.41, 5.74) is 8.53. The largest absolute Gasteiger partial charge is 0.380 e. The Labute approximate surface area is 127 Å². The molecule has 2 aromatic rings. The van der Waals surface area contributed by atoms with E-state index in [2.05, 4.69) is 10.6 Å². The quantitative estimate of drug-likeness (QED) is 0.794. The smallest absolute Gasteiger partial charge is 0.249 e. The van der Waals surface area contributed by atoms with E-state index in [-0.39, 0.29) is 5.91 Å². The molecule has 0 aliphatic carbocycles. The Morgan fingerprint density at radius 2 is 2.05 bits per heavy atom. The highest BCUT2D eigenvalue weighted by Crippen LogP contribution is 2.22. The number of hydrogen-bond acceptors (Lipinski definition) is 4. The van der Waals surface area contributed by atoms with E-state index in [0.29, 0.717) is 12.1 Å². The Morgan fingerprint density at radius 3 is 2.67 bits per heavy atom. The third-order valence-corrected chi connectivity index (χ3v) is 3.89. The predicted octanol–water partition coefficient (Wildman–Crippen LogP) is 2.73. The molecule has 1 aromatic heterocycles. The van der Waals surface area contributed by atoms with Crippen molar-refractivity contribution in [2.45, 2.75) is 20.4 Å². The minimum atomic E-state index is -0.415. The van der Waals surface area contributed by atoms with Crippen molar-refractivity contribution >= 4 is 34.5 Å². The fourth-order valence-electron chi connectivity index (χ4n) is 1.88. The predicted molar refractivity (Wildman–Crippen MR) is 85.6 cm³/mol. The van der Waals surface area contributed by atoms with Crippen LogP contribution in [0.1, 0.15) is 27.7 Å². The molecule has 0 fully saturated rings. The molecule has 21 heavy (non-hydrogen) atoms. The molecule has 2 rings (SSSR count). The molecular formula is C15H17N3O2S. The van der Waals surface area contributed by atoms with Crippen LogP contribution in [0.2, 0.25) is 0 Å². The molecule has 6 heteroatoms. The molecule has 0 saturated heterocycles. The first-order chi connectivity index (χ1) is 9.95. The van der Waals surface area contributed by atoms with Crippen LogP contribution in [-0.4, -0.2) is 11.8 Å². The SMILES string of the molecule is CC(=O)Nc1ccc(C)c(NCc2cc(C(N)=O)cs2)c1. The van der Waals surface area contributed by atoms with Gasteiger partial charge in [-0.3, -0.25) is 9.59 Å². The van der Waals surface area contributed by atoms with Crippen LogP contribution in [-0.2, 0) is 11.3 Å². The zero-order valence-corrected chi connectivity index (χ0v) is 12.7. The highest BCUT2D eigenvalue weighted by molar-refractivity contribution is 7.10. The van der Waals surface area contributed by atoms with Gasteiger partial charge in [0.2, 0.25) is 11.8 Å². The molecule has 2 amide bonds. The molecule has 0 aliphatic rings. The number of nitrogens with one attached hydrogen (secondary N) is 2. The molecule has 0 radical (unpaired) electrons. The van der Waals surface area contributed by atoms with Crippen molar-refractivity contribution < 1.29 is 9.59 Å². The van der Waals surface area contributed by atoms with Crippen molar-refractivity contribution in [3.05, 3.63) is 45.6 Å². The van der Waals surface area contributed by atoms with Gasteiger partial charge in [-0.1, -0.05) is 6.07 Å². The number of thiophene rings is 1. The van der Waals surface area contributed by atoms with Gasteiger partial charge in [0.25, 0.3) is 0 Å². The van der Waals surface area contributed by atoms with Crippen LogP contribution in [0.15, 0.2) is 29.6 Å². The molecule has 0 bridgehead atoms. The lowest BCUT2D eigenvalue weighted by Gasteiger charge is -2.11. The molecule has 5 nitrogen and oxygen atoms in total. The second kappa shape index (κ2) is 6.41. The summed E-state index contributed by atoms with van der Waals surface area (Å²) in [5, 5.41) is 7.80. The fourth-order valence-corrected chi connectivity index (χ4v) is 2.69. The summed E-state index contributed by atoms with van der Waals surface area (Å²) in [6.07, 6.45) is 0. The molecule has 0 saturated carbocycles. The van der Waals surface area contributed by atoms with E-state index in [9.17, 15) is 9.59 Å². The molecular weight excluding hydrogens is 286 g/mol. The van der Waals surface area contributed by atoms with Crippen LogP contribution >= 0.6 is 11.3 Å². The number of rotatable bonds is 5. The fraction of sp³-hybridized carbons (Fsp3) is 0.200. The highest BCUT2D eigenvalue weighted by Gasteiger charge is 2.06. The van der Waals surface area contributed by atoms with Gasteiger partial charge in [0.05, 0.1) is 5.56 Å². The minimum absolute atomic E-state index is 0.103. The van der Waals surface area contributed by atoms with Crippen LogP contribution < -0.4 is 16.4 Å². The van der Waals surface area contributed by atoms with Crippen molar-refractivity contribution in [3.8, 4) is 0 Å². The second-order valence-corrected chi connectivity index (χ2v) is 5.73. The van der Waals surface area contributed by atoms with E-state index < -0.39 is 5.91 Å². The number of carbonyl (C=O) groups excluding carboxylic acids is 2. The van der Waals surface area contributed by atoms with Crippen LogP contribution in [0.3, 0.4) is 0 Å². The normalized spacial score (nSPS) is 10.2. The number of benzene rings is 1. The van der Waals surface area contributed by atoms with Gasteiger partial charge in [-0.05, 0) is 30.7 Å². The van der Waals surface area contributed by atoms with E-state index in [1.54, 1.807) is 11.4 Å². The maximum atomic E-state index is 11.1. The molecule has 0 aliphatic heterocycles. The van der Waals surface area contributed by atoms with Crippen molar-refractivity contribution in [1.29, 1.82) is 0 Å². The van der Waals surface area contributed by atoms with Gasteiger partial charge in [0.15, 0.2) is 0 Å². The Morgan fingerprint density at radius 1 is 1.29 bits per heavy atom. The van der Waals surface area contributed by atoms with Gasteiger partial charge < -0.3 is 16.4 Å². The summed E-state index contributed by atoms with van der Waals surface area (Å²) in [7, 11) is 0. The van der Waals surface area contributed by atoms with Crippen LogP contribution in [0.25, 0.3) is 0 Å². The standard InChI is InChI=1S/C15H17N3O2S/c1-9-3-4-12(18-10(2)19)6-14(9)17-7-13-5-11(8-21-13)15(16)20/h3-6,8,17H,7H2,1-2H3,(H2,16,20)(H,18,19). The molecule has 4 N–H and O–H groups in total. The van der Waals surface area contributed by atoms with Gasteiger partial charge >= 0.3 is 0 Å². The van der Waals surface area contributed by atoms with Gasteiger partial charge in [0, 0.05) is 35.1 Å². The summed E-state index contributed by atoms with van der Waals surface area (Å²) in [6, 6.07) is 7.47. The highest BCUT2D eigenvalue weighted by atomic mass is 32.1. The van der Waals surface area contributed by atoms with E-state index in [0.717, 1.165) is 21.8 Å². The molecule has 0 atom stereocenters. The summed E-state index contributed by atoms with van der Waals surface area (Å²) >= 11 is 1.48. The van der Waals surface area contributed by atoms with Gasteiger partial charge in [-0.25, -0.2) is 0 Å². The van der Waals surface area contributed by atoms with E-state index >= 15 is 0 Å². The number of nitrogens with two attached hydrogens (primary N) is 1. The first kappa shape index (κ1) is 15.1.